The van der Waals surface area contributed by atoms with Crippen LogP contribution in [0.4, 0.5) is 0 Å². The highest BCUT2D eigenvalue weighted by molar-refractivity contribution is 5.98. The van der Waals surface area contributed by atoms with Gasteiger partial charge in [0.25, 0.3) is 0 Å². The third kappa shape index (κ3) is 4.76. The molecule has 0 spiro atoms. The number of nitrogens with one attached hydrogen (secondary N) is 1. The third-order valence-electron chi connectivity index (χ3n) is 6.66. The van der Waals surface area contributed by atoms with E-state index in [0.717, 1.165) is 22.2 Å². The van der Waals surface area contributed by atoms with Gasteiger partial charge in [0.15, 0.2) is 0 Å². The minimum Gasteiger partial charge on any atom is -0.467 e. The zero-order valence-electron chi connectivity index (χ0n) is 21.0. The molecule has 6 nitrogen and oxygen atoms in total. The normalized spacial score (nSPS) is 12.0. The highest BCUT2D eigenvalue weighted by Gasteiger charge is 2.45. The summed E-state index contributed by atoms with van der Waals surface area (Å²) >= 11 is 0. The van der Waals surface area contributed by atoms with Crippen LogP contribution in [-0.4, -0.2) is 35.0 Å². The first-order valence-electron chi connectivity index (χ1n) is 12.4. The Morgan fingerprint density at radius 1 is 0.737 bits per heavy atom. The lowest BCUT2D eigenvalue weighted by molar-refractivity contribution is -0.145. The van der Waals surface area contributed by atoms with Crippen LogP contribution in [0.15, 0.2) is 121 Å². The van der Waals surface area contributed by atoms with E-state index in [-0.39, 0.29) is 12.3 Å². The van der Waals surface area contributed by atoms with Gasteiger partial charge in [-0.3, -0.25) is 9.78 Å². The largest absolute Gasteiger partial charge is 0.467 e. The Morgan fingerprint density at radius 2 is 1.21 bits per heavy atom. The number of benzene rings is 4. The number of fused-ring (bicyclic) bond motifs is 1. The van der Waals surface area contributed by atoms with Crippen molar-refractivity contribution < 1.29 is 14.3 Å². The molecule has 1 atom stereocenters. The summed E-state index contributed by atoms with van der Waals surface area (Å²) in [5, 5.41) is 3.02. The highest BCUT2D eigenvalue weighted by Crippen LogP contribution is 2.39. The number of aromatic nitrogens is 2. The van der Waals surface area contributed by atoms with Crippen molar-refractivity contribution in [3.05, 3.63) is 144 Å². The Morgan fingerprint density at radius 3 is 1.71 bits per heavy atom. The molecule has 0 radical (unpaired) electrons. The van der Waals surface area contributed by atoms with Gasteiger partial charge in [-0.15, -0.1) is 0 Å². The molecule has 0 fully saturated rings. The molecule has 0 aliphatic heterocycles. The fourth-order valence-corrected chi connectivity index (χ4v) is 4.86. The molecule has 38 heavy (non-hydrogen) atoms. The lowest BCUT2D eigenvalue weighted by Crippen LogP contribution is -2.53. The number of hydrogen-bond donors (Lipinski definition) is 1. The molecule has 1 aromatic heterocycles. The Kier molecular flexibility index (Phi) is 7.22. The van der Waals surface area contributed by atoms with Crippen LogP contribution >= 0.6 is 0 Å². The molecule has 0 unspecified atom stereocenters. The SMILES string of the molecule is COC(=O)[C@H](Cc1cnc2ccccc2n1)NC(=O)C(c1ccccc1)(c1ccccc1)c1ccccc1. The number of ether oxygens (including phenoxy) is 1. The molecule has 0 saturated heterocycles. The molecular formula is C32H27N3O3. The van der Waals surface area contributed by atoms with Crippen LogP contribution in [0.2, 0.25) is 0 Å². The van der Waals surface area contributed by atoms with E-state index in [1.165, 1.54) is 7.11 Å². The number of amides is 1. The predicted molar refractivity (Wildman–Crippen MR) is 146 cm³/mol. The molecule has 5 aromatic rings. The van der Waals surface area contributed by atoms with Gasteiger partial charge in [-0.25, -0.2) is 9.78 Å². The standard InChI is InChI=1S/C32H27N3O3/c1-38-30(36)29(21-26-22-33-27-19-11-12-20-28(27)34-26)35-31(37)32(23-13-5-2-6-14-23,24-15-7-3-8-16-24)25-17-9-4-10-18-25/h2-20,22,29H,21H2,1H3,(H,35,37)/t29-/m0/s1. The predicted octanol–water partition coefficient (Wildman–Crippen LogP) is 4.86. The molecule has 5 rings (SSSR count). The van der Waals surface area contributed by atoms with Crippen LogP contribution in [0.1, 0.15) is 22.4 Å². The molecule has 1 amide bonds. The smallest absolute Gasteiger partial charge is 0.328 e. The summed E-state index contributed by atoms with van der Waals surface area (Å²) in [5.41, 5.74) is 3.17. The van der Waals surface area contributed by atoms with Gasteiger partial charge in [0.1, 0.15) is 11.5 Å². The van der Waals surface area contributed by atoms with Gasteiger partial charge in [0.05, 0.1) is 23.8 Å². The van der Waals surface area contributed by atoms with E-state index in [0.29, 0.717) is 11.2 Å². The van der Waals surface area contributed by atoms with Crippen LogP contribution < -0.4 is 5.32 Å². The second-order valence-corrected chi connectivity index (χ2v) is 8.95. The van der Waals surface area contributed by atoms with Gasteiger partial charge < -0.3 is 10.1 Å². The number of hydrogen-bond acceptors (Lipinski definition) is 5. The quantitative estimate of drug-likeness (QED) is 0.243. The Hall–Kier alpha value is -4.84. The molecule has 0 bridgehead atoms. The van der Waals surface area contributed by atoms with Crippen LogP contribution in [-0.2, 0) is 26.2 Å². The number of nitrogens with zero attached hydrogens (tertiary/aromatic N) is 2. The van der Waals surface area contributed by atoms with Crippen LogP contribution in [0.5, 0.6) is 0 Å². The van der Waals surface area contributed by atoms with E-state index in [1.807, 2.05) is 115 Å². The van der Waals surface area contributed by atoms with Gasteiger partial charge in [0.2, 0.25) is 5.91 Å². The zero-order chi connectivity index (χ0) is 26.4. The van der Waals surface area contributed by atoms with E-state index >= 15 is 0 Å². The summed E-state index contributed by atoms with van der Waals surface area (Å²) in [5.74, 6) is -0.901. The molecule has 188 valence electrons. The first-order chi connectivity index (χ1) is 18.6. The number of para-hydroxylation sites is 2. The van der Waals surface area contributed by atoms with Gasteiger partial charge in [-0.2, -0.15) is 0 Å². The molecule has 6 heteroatoms. The van der Waals surface area contributed by atoms with Gasteiger partial charge in [0, 0.05) is 12.6 Å². The van der Waals surface area contributed by atoms with Crippen molar-refractivity contribution in [1.82, 2.24) is 15.3 Å². The average Bonchev–Trinajstić information content (AvgIpc) is 2.98. The number of carbonyl (C=O) groups excluding carboxylic acids is 2. The zero-order valence-corrected chi connectivity index (χ0v) is 21.0. The molecule has 1 N–H and O–H groups in total. The van der Waals surface area contributed by atoms with E-state index < -0.39 is 17.4 Å². The Balaban J connectivity index is 1.60. The summed E-state index contributed by atoms with van der Waals surface area (Å²) in [7, 11) is 1.31. The fourth-order valence-electron chi connectivity index (χ4n) is 4.86. The minimum absolute atomic E-state index is 0.130. The first kappa shape index (κ1) is 24.8. The summed E-state index contributed by atoms with van der Waals surface area (Å²) in [6.45, 7) is 0. The maximum absolute atomic E-state index is 14.5. The van der Waals surface area contributed by atoms with Crippen molar-refractivity contribution in [1.29, 1.82) is 0 Å². The second-order valence-electron chi connectivity index (χ2n) is 8.95. The maximum atomic E-state index is 14.5. The first-order valence-corrected chi connectivity index (χ1v) is 12.4. The Labute approximate surface area is 221 Å². The van der Waals surface area contributed by atoms with Gasteiger partial charge >= 0.3 is 5.97 Å². The monoisotopic (exact) mass is 501 g/mol. The van der Waals surface area contributed by atoms with Crippen LogP contribution in [0.3, 0.4) is 0 Å². The average molecular weight is 502 g/mol. The lowest BCUT2D eigenvalue weighted by atomic mass is 9.68. The summed E-state index contributed by atoms with van der Waals surface area (Å²) in [6, 6.07) is 35.3. The molecule has 1 heterocycles. The third-order valence-corrected chi connectivity index (χ3v) is 6.66. The van der Waals surface area contributed by atoms with Gasteiger partial charge in [-0.05, 0) is 28.8 Å². The summed E-state index contributed by atoms with van der Waals surface area (Å²) < 4.78 is 5.10. The van der Waals surface area contributed by atoms with Crippen molar-refractivity contribution >= 4 is 22.9 Å². The number of esters is 1. The molecule has 4 aromatic carbocycles. The van der Waals surface area contributed by atoms with Crippen molar-refractivity contribution in [2.75, 3.05) is 7.11 Å². The van der Waals surface area contributed by atoms with Crippen LogP contribution in [0, 0.1) is 0 Å². The molecule has 0 aliphatic rings. The van der Waals surface area contributed by atoms with E-state index in [2.05, 4.69) is 15.3 Å². The van der Waals surface area contributed by atoms with Crippen LogP contribution in [0.25, 0.3) is 11.0 Å². The minimum atomic E-state index is -1.22. The van der Waals surface area contributed by atoms with Crippen molar-refractivity contribution in [3.8, 4) is 0 Å². The van der Waals surface area contributed by atoms with E-state index in [9.17, 15) is 9.59 Å². The van der Waals surface area contributed by atoms with E-state index in [4.69, 9.17) is 4.74 Å². The van der Waals surface area contributed by atoms with Gasteiger partial charge in [-0.1, -0.05) is 103 Å². The highest BCUT2D eigenvalue weighted by atomic mass is 16.5. The van der Waals surface area contributed by atoms with Crippen molar-refractivity contribution in [3.63, 3.8) is 0 Å². The second kappa shape index (κ2) is 11.0. The Bertz CT molecular complexity index is 1440. The summed E-state index contributed by atoms with van der Waals surface area (Å²) in [6.07, 6.45) is 1.76. The number of rotatable bonds is 8. The molecule has 0 saturated carbocycles. The fraction of sp³-hybridized carbons (Fsp3) is 0.125. The van der Waals surface area contributed by atoms with Crippen molar-refractivity contribution in [2.45, 2.75) is 17.9 Å². The molecule has 0 aliphatic carbocycles. The lowest BCUT2D eigenvalue weighted by Gasteiger charge is -2.35. The number of carbonyl (C=O) groups is 2. The number of methoxy groups -OCH3 is 1. The molecular weight excluding hydrogens is 474 g/mol. The van der Waals surface area contributed by atoms with Crippen molar-refractivity contribution in [2.24, 2.45) is 0 Å². The van der Waals surface area contributed by atoms with E-state index in [1.54, 1.807) is 6.20 Å². The topological polar surface area (TPSA) is 81.2 Å². The maximum Gasteiger partial charge on any atom is 0.328 e. The summed E-state index contributed by atoms with van der Waals surface area (Å²) in [4.78, 5) is 36.6.